The van der Waals surface area contributed by atoms with E-state index in [4.69, 9.17) is 0 Å². The van der Waals surface area contributed by atoms with Crippen LogP contribution in [0.1, 0.15) is 67.3 Å². The van der Waals surface area contributed by atoms with Gasteiger partial charge in [-0.05, 0) is 42.9 Å². The summed E-state index contributed by atoms with van der Waals surface area (Å²) in [5.41, 5.74) is 4.07. The Morgan fingerprint density at radius 2 is 2.12 bits per heavy atom. The van der Waals surface area contributed by atoms with Gasteiger partial charge in [0.25, 0.3) is 0 Å². The maximum atomic E-state index is 12.9. The summed E-state index contributed by atoms with van der Waals surface area (Å²) in [6.07, 6.45) is 3.90. The molecule has 0 bridgehead atoms. The lowest BCUT2D eigenvalue weighted by Gasteiger charge is -2.30. The first-order valence-electron chi connectivity index (χ1n) is 9.43. The van der Waals surface area contributed by atoms with Crippen LogP contribution in [0.3, 0.4) is 0 Å². The predicted octanol–water partition coefficient (Wildman–Crippen LogP) is 3.53. The van der Waals surface area contributed by atoms with Gasteiger partial charge in [0.05, 0.1) is 6.42 Å². The number of Topliss-reactive ketones (excluding diaryl/α,β-unsaturated/α-hetero) is 1. The first-order valence-corrected chi connectivity index (χ1v) is 10.6. The Labute approximate surface area is 155 Å². The second-order valence-corrected chi connectivity index (χ2v) is 9.43. The molecule has 1 aliphatic heterocycles. The zero-order chi connectivity index (χ0) is 18.2. The van der Waals surface area contributed by atoms with Gasteiger partial charge >= 0.3 is 0 Å². The monoisotopic (exact) mass is 362 g/mol. The number of rotatable bonds is 5. The van der Waals surface area contributed by atoms with E-state index in [1.807, 2.05) is 11.8 Å². The summed E-state index contributed by atoms with van der Waals surface area (Å²) in [5, 5.41) is 3.15. The highest BCUT2D eigenvalue weighted by Crippen LogP contribution is 2.39. The van der Waals surface area contributed by atoms with Crippen LogP contribution in [0.25, 0.3) is 0 Å². The Hall–Kier alpha value is -1.23. The van der Waals surface area contributed by atoms with Crippen LogP contribution in [0.4, 0.5) is 0 Å². The number of nitrogens with zero attached hydrogens (tertiary/aromatic N) is 1. The van der Waals surface area contributed by atoms with E-state index >= 15 is 0 Å². The number of thioether (sulfide) groups is 1. The third kappa shape index (κ3) is 3.81. The van der Waals surface area contributed by atoms with Crippen LogP contribution in [-0.2, 0) is 24.2 Å². The topological polar surface area (TPSA) is 51.1 Å². The van der Waals surface area contributed by atoms with Crippen LogP contribution < -0.4 is 5.32 Å². The summed E-state index contributed by atoms with van der Waals surface area (Å²) in [7, 11) is 0. The molecule has 0 aromatic carbocycles. The molecule has 1 N–H and O–H groups in total. The Morgan fingerprint density at radius 1 is 1.36 bits per heavy atom. The average molecular weight is 363 g/mol. The largest absolute Gasteiger partial charge is 0.352 e. The van der Waals surface area contributed by atoms with E-state index in [9.17, 15) is 9.59 Å². The van der Waals surface area contributed by atoms with Crippen molar-refractivity contribution < 1.29 is 9.59 Å². The number of nitrogens with one attached hydrogen (secondary N) is 1. The lowest BCUT2D eigenvalue weighted by Crippen LogP contribution is -2.36. The van der Waals surface area contributed by atoms with Crippen LogP contribution in [-0.4, -0.2) is 33.8 Å². The molecule has 3 rings (SSSR count). The van der Waals surface area contributed by atoms with E-state index in [2.05, 4.69) is 37.6 Å². The van der Waals surface area contributed by atoms with E-state index in [0.717, 1.165) is 59.8 Å². The van der Waals surface area contributed by atoms with Crippen molar-refractivity contribution in [3.8, 4) is 0 Å². The van der Waals surface area contributed by atoms with E-state index in [0.29, 0.717) is 18.9 Å². The number of amides is 1. The summed E-state index contributed by atoms with van der Waals surface area (Å²) < 4.78 is 2.29. The minimum atomic E-state index is 0.000960. The van der Waals surface area contributed by atoms with Gasteiger partial charge in [-0.3, -0.25) is 9.59 Å². The van der Waals surface area contributed by atoms with Crippen molar-refractivity contribution in [3.63, 3.8) is 0 Å². The van der Waals surface area contributed by atoms with E-state index in [1.54, 1.807) is 0 Å². The van der Waals surface area contributed by atoms with Gasteiger partial charge < -0.3 is 9.88 Å². The Balaban J connectivity index is 1.91. The van der Waals surface area contributed by atoms with Gasteiger partial charge in [0.15, 0.2) is 5.78 Å². The van der Waals surface area contributed by atoms with Crippen LogP contribution in [0.15, 0.2) is 0 Å². The molecule has 25 heavy (non-hydrogen) atoms. The van der Waals surface area contributed by atoms with Crippen molar-refractivity contribution in [2.24, 2.45) is 5.41 Å². The molecule has 1 aliphatic carbocycles. The summed E-state index contributed by atoms with van der Waals surface area (Å²) in [4.78, 5) is 25.4. The maximum Gasteiger partial charge on any atom is 0.224 e. The fraction of sp³-hybridized carbons (Fsp3) is 0.700. The minimum absolute atomic E-state index is 0.000960. The molecule has 4 nitrogen and oxygen atoms in total. The fourth-order valence-electron chi connectivity index (χ4n) is 4.24. The first-order chi connectivity index (χ1) is 11.8. The SMILES string of the molecule is CCCn1c(C)c(CC(=O)NC2CCSC2)c2c1CC(C)(C)CC2=O. The van der Waals surface area contributed by atoms with Crippen molar-refractivity contribution in [1.82, 2.24) is 9.88 Å². The highest BCUT2D eigenvalue weighted by Gasteiger charge is 2.37. The molecule has 0 saturated carbocycles. The molecule has 2 aliphatic rings. The molecule has 0 spiro atoms. The van der Waals surface area contributed by atoms with Gasteiger partial charge in [0.1, 0.15) is 0 Å². The standard InChI is InChI=1S/C20H30N2O2S/c1-5-7-22-13(2)15(9-18(24)21-14-6-8-25-12-14)19-16(22)10-20(3,4)11-17(19)23/h14H,5-12H2,1-4H3,(H,21,24). The minimum Gasteiger partial charge on any atom is -0.352 e. The zero-order valence-electron chi connectivity index (χ0n) is 15.9. The van der Waals surface area contributed by atoms with Crippen LogP contribution in [0, 0.1) is 12.3 Å². The number of fused-ring (bicyclic) bond motifs is 1. The van der Waals surface area contributed by atoms with Crippen LogP contribution in [0.5, 0.6) is 0 Å². The molecule has 138 valence electrons. The van der Waals surface area contributed by atoms with E-state index < -0.39 is 0 Å². The first kappa shape index (κ1) is 18.6. The van der Waals surface area contributed by atoms with Gasteiger partial charge in [-0.2, -0.15) is 11.8 Å². The van der Waals surface area contributed by atoms with Crippen LogP contribution in [0.2, 0.25) is 0 Å². The number of carbonyl (C=O) groups is 2. The van der Waals surface area contributed by atoms with Gasteiger partial charge in [0.2, 0.25) is 5.91 Å². The molecule has 1 aromatic heterocycles. The smallest absolute Gasteiger partial charge is 0.224 e. The average Bonchev–Trinajstić information content (AvgIpc) is 3.09. The number of hydrogen-bond acceptors (Lipinski definition) is 3. The number of ketones is 1. The molecular formula is C20H30N2O2S. The van der Waals surface area contributed by atoms with Crippen molar-refractivity contribution in [2.45, 2.75) is 72.4 Å². The molecule has 1 amide bonds. The third-order valence-corrected chi connectivity index (χ3v) is 6.56. The molecule has 1 atom stereocenters. The number of carbonyl (C=O) groups excluding carboxylic acids is 2. The Bertz CT molecular complexity index is 684. The number of aromatic nitrogens is 1. The zero-order valence-corrected chi connectivity index (χ0v) is 16.7. The molecule has 1 fully saturated rings. The van der Waals surface area contributed by atoms with Crippen molar-refractivity contribution in [3.05, 3.63) is 22.5 Å². The van der Waals surface area contributed by atoms with Gasteiger partial charge in [-0.25, -0.2) is 0 Å². The Morgan fingerprint density at radius 3 is 2.76 bits per heavy atom. The van der Waals surface area contributed by atoms with E-state index in [-0.39, 0.29) is 17.1 Å². The lowest BCUT2D eigenvalue weighted by atomic mass is 9.75. The second-order valence-electron chi connectivity index (χ2n) is 8.28. The van der Waals surface area contributed by atoms with E-state index in [1.165, 1.54) is 0 Å². The summed E-state index contributed by atoms with van der Waals surface area (Å²) in [6, 6.07) is 0.293. The molecule has 1 aromatic rings. The van der Waals surface area contributed by atoms with Crippen molar-refractivity contribution in [1.29, 1.82) is 0 Å². The molecule has 2 heterocycles. The molecule has 1 unspecified atom stereocenters. The van der Waals surface area contributed by atoms with Crippen molar-refractivity contribution in [2.75, 3.05) is 11.5 Å². The van der Waals surface area contributed by atoms with Crippen LogP contribution >= 0.6 is 11.8 Å². The summed E-state index contributed by atoms with van der Waals surface area (Å²) in [5.74, 6) is 2.40. The highest BCUT2D eigenvalue weighted by molar-refractivity contribution is 7.99. The number of hydrogen-bond donors (Lipinski definition) is 1. The molecule has 1 saturated heterocycles. The maximum absolute atomic E-state index is 12.9. The van der Waals surface area contributed by atoms with Gasteiger partial charge in [0, 0.05) is 41.7 Å². The molecule has 5 heteroatoms. The third-order valence-electron chi connectivity index (χ3n) is 5.40. The second kappa shape index (κ2) is 7.18. The molecular weight excluding hydrogens is 332 g/mol. The van der Waals surface area contributed by atoms with Crippen molar-refractivity contribution >= 4 is 23.5 Å². The lowest BCUT2D eigenvalue weighted by molar-refractivity contribution is -0.121. The highest BCUT2D eigenvalue weighted by atomic mass is 32.2. The van der Waals surface area contributed by atoms with Gasteiger partial charge in [-0.1, -0.05) is 20.8 Å². The molecule has 0 radical (unpaired) electrons. The quantitative estimate of drug-likeness (QED) is 0.872. The fourth-order valence-corrected chi connectivity index (χ4v) is 5.39. The van der Waals surface area contributed by atoms with Gasteiger partial charge in [-0.15, -0.1) is 0 Å². The predicted molar refractivity (Wildman–Crippen MR) is 103 cm³/mol. The summed E-state index contributed by atoms with van der Waals surface area (Å²) >= 11 is 1.89. The summed E-state index contributed by atoms with van der Waals surface area (Å²) in [6.45, 7) is 9.47. The normalized spacial score (nSPS) is 22.1. The Kier molecular flexibility index (Phi) is 5.33.